The number of allylic oxidation sites excluding steroid dienone is 3. The van der Waals surface area contributed by atoms with Crippen molar-refractivity contribution in [2.75, 3.05) is 19.0 Å². The molecule has 0 saturated carbocycles. The van der Waals surface area contributed by atoms with Crippen molar-refractivity contribution in [1.82, 2.24) is 0 Å². The zero-order valence-electron chi connectivity index (χ0n) is 15.2. The van der Waals surface area contributed by atoms with Crippen molar-refractivity contribution < 1.29 is 4.57 Å². The Labute approximate surface area is 150 Å². The van der Waals surface area contributed by atoms with Gasteiger partial charge in [-0.05, 0) is 29.8 Å². The predicted molar refractivity (Wildman–Crippen MR) is 109 cm³/mol. The average Bonchev–Trinajstić information content (AvgIpc) is 2.66. The largest absolute Gasteiger partial charge is 0.378 e. The quantitative estimate of drug-likeness (QED) is 0.463. The summed E-state index contributed by atoms with van der Waals surface area (Å²) in [5.74, 6) is 0. The fraction of sp³-hybridized carbons (Fsp3) is 0.174. The summed E-state index contributed by atoms with van der Waals surface area (Å²) in [5.41, 5.74) is 6.03. The van der Waals surface area contributed by atoms with Crippen LogP contribution in [0.3, 0.4) is 0 Å². The number of pyridine rings is 1. The van der Waals surface area contributed by atoms with Crippen LogP contribution in [0.1, 0.15) is 18.9 Å². The monoisotopic (exact) mass is 329 g/mol. The van der Waals surface area contributed by atoms with Crippen LogP contribution in [0.5, 0.6) is 0 Å². The lowest BCUT2D eigenvalue weighted by atomic mass is 10.0. The lowest BCUT2D eigenvalue weighted by Crippen LogP contribution is -2.33. The van der Waals surface area contributed by atoms with Crippen LogP contribution < -0.4 is 9.47 Å². The maximum Gasteiger partial charge on any atom is 0.218 e. The number of benzene rings is 2. The minimum Gasteiger partial charge on any atom is -0.378 e. The lowest BCUT2D eigenvalue weighted by molar-refractivity contribution is -0.553. The fourth-order valence-electron chi connectivity index (χ4n) is 3.23. The highest BCUT2D eigenvalue weighted by Gasteiger charge is 2.18. The van der Waals surface area contributed by atoms with Crippen molar-refractivity contribution in [2.24, 2.45) is 0 Å². The van der Waals surface area contributed by atoms with E-state index < -0.39 is 0 Å². The maximum atomic E-state index is 4.09. The molecule has 3 aromatic rings. The van der Waals surface area contributed by atoms with Crippen LogP contribution in [0.4, 0.5) is 5.69 Å². The van der Waals surface area contributed by atoms with Crippen molar-refractivity contribution in [1.29, 1.82) is 0 Å². The molecule has 0 bridgehead atoms. The molecule has 0 radical (unpaired) electrons. The van der Waals surface area contributed by atoms with Crippen molar-refractivity contribution in [3.63, 3.8) is 0 Å². The van der Waals surface area contributed by atoms with Gasteiger partial charge in [-0.2, -0.15) is 4.57 Å². The van der Waals surface area contributed by atoms with Gasteiger partial charge in [0.05, 0.1) is 0 Å². The molecule has 2 aromatic carbocycles. The van der Waals surface area contributed by atoms with E-state index in [9.17, 15) is 0 Å². The zero-order chi connectivity index (χ0) is 17.8. The normalized spacial score (nSPS) is 12.0. The number of hydrogen-bond acceptors (Lipinski definition) is 1. The molecule has 0 aliphatic carbocycles. The summed E-state index contributed by atoms with van der Waals surface area (Å²) in [4.78, 5) is 2.11. The fourth-order valence-corrected chi connectivity index (χ4v) is 3.23. The summed E-state index contributed by atoms with van der Waals surface area (Å²) >= 11 is 0. The van der Waals surface area contributed by atoms with E-state index in [1.807, 2.05) is 6.08 Å². The van der Waals surface area contributed by atoms with Crippen molar-refractivity contribution in [2.45, 2.75) is 13.3 Å². The van der Waals surface area contributed by atoms with Crippen LogP contribution in [-0.4, -0.2) is 14.1 Å². The Balaban J connectivity index is 2.19. The summed E-state index contributed by atoms with van der Waals surface area (Å²) in [6, 6.07) is 21.4. The number of anilines is 1. The van der Waals surface area contributed by atoms with E-state index in [1.165, 1.54) is 33.4 Å². The maximum absolute atomic E-state index is 4.09. The first kappa shape index (κ1) is 17.0. The lowest BCUT2D eigenvalue weighted by Gasteiger charge is -2.13. The molecule has 0 N–H and O–H groups in total. The van der Waals surface area contributed by atoms with Gasteiger partial charge in [0, 0.05) is 49.3 Å². The molecule has 0 atom stereocenters. The predicted octanol–water partition coefficient (Wildman–Crippen LogP) is 5.16. The second kappa shape index (κ2) is 7.35. The number of para-hydroxylation sites is 1. The van der Waals surface area contributed by atoms with E-state index in [0.29, 0.717) is 0 Å². The zero-order valence-corrected chi connectivity index (χ0v) is 15.2. The molecule has 3 rings (SSSR count). The van der Waals surface area contributed by atoms with Crippen LogP contribution in [0.15, 0.2) is 79.5 Å². The second-order valence-electron chi connectivity index (χ2n) is 6.30. The van der Waals surface area contributed by atoms with Crippen LogP contribution in [0.25, 0.3) is 22.2 Å². The van der Waals surface area contributed by atoms with Crippen LogP contribution in [-0.2, 0) is 0 Å². The molecule has 0 aliphatic heterocycles. The van der Waals surface area contributed by atoms with Crippen molar-refractivity contribution >= 4 is 27.9 Å². The SMILES string of the molecule is C=C/C(=C(/CC)[n+]1cccc2ccccc21)c1ccc(N(C)C)cc1. The minimum atomic E-state index is 0.926. The Morgan fingerprint density at radius 3 is 2.32 bits per heavy atom. The minimum absolute atomic E-state index is 0.926. The third-order valence-corrected chi connectivity index (χ3v) is 4.54. The molecule has 1 aromatic heterocycles. The number of aromatic nitrogens is 1. The van der Waals surface area contributed by atoms with E-state index >= 15 is 0 Å². The molecule has 126 valence electrons. The van der Waals surface area contributed by atoms with Crippen molar-refractivity contribution in [3.05, 3.63) is 85.1 Å². The molecule has 0 amide bonds. The van der Waals surface area contributed by atoms with Gasteiger partial charge in [-0.3, -0.25) is 0 Å². The Morgan fingerprint density at radius 2 is 1.68 bits per heavy atom. The van der Waals surface area contributed by atoms with Gasteiger partial charge in [0.2, 0.25) is 5.52 Å². The van der Waals surface area contributed by atoms with Gasteiger partial charge in [-0.15, -0.1) is 0 Å². The smallest absolute Gasteiger partial charge is 0.218 e. The van der Waals surface area contributed by atoms with Crippen LogP contribution in [0, 0.1) is 0 Å². The number of nitrogens with zero attached hydrogens (tertiary/aromatic N) is 2. The first-order valence-corrected chi connectivity index (χ1v) is 8.69. The number of hydrogen-bond donors (Lipinski definition) is 0. The van der Waals surface area contributed by atoms with Gasteiger partial charge in [-0.1, -0.05) is 43.8 Å². The molecule has 0 spiro atoms. The molecular weight excluding hydrogens is 304 g/mol. The molecule has 2 nitrogen and oxygen atoms in total. The molecule has 1 heterocycles. The number of fused-ring (bicyclic) bond motifs is 1. The van der Waals surface area contributed by atoms with E-state index in [0.717, 1.165) is 6.42 Å². The van der Waals surface area contributed by atoms with Gasteiger partial charge in [0.15, 0.2) is 11.9 Å². The third kappa shape index (κ3) is 3.34. The summed E-state index contributed by atoms with van der Waals surface area (Å²) in [5, 5.41) is 1.24. The molecular formula is C23H25N2+. The van der Waals surface area contributed by atoms with Crippen LogP contribution >= 0.6 is 0 Å². The van der Waals surface area contributed by atoms with Gasteiger partial charge < -0.3 is 4.90 Å². The van der Waals surface area contributed by atoms with Crippen LogP contribution in [0.2, 0.25) is 0 Å². The topological polar surface area (TPSA) is 7.12 Å². The van der Waals surface area contributed by atoms with E-state index in [4.69, 9.17) is 0 Å². The van der Waals surface area contributed by atoms with E-state index in [2.05, 4.69) is 104 Å². The van der Waals surface area contributed by atoms with Gasteiger partial charge >= 0.3 is 0 Å². The van der Waals surface area contributed by atoms with E-state index in [-0.39, 0.29) is 0 Å². The molecule has 0 aliphatic rings. The Hall–Kier alpha value is -2.87. The molecule has 0 unspecified atom stereocenters. The molecule has 0 fully saturated rings. The Bertz CT molecular complexity index is 913. The highest BCUT2D eigenvalue weighted by molar-refractivity contribution is 5.87. The third-order valence-electron chi connectivity index (χ3n) is 4.54. The summed E-state index contributed by atoms with van der Waals surface area (Å²) in [7, 11) is 4.12. The average molecular weight is 329 g/mol. The van der Waals surface area contributed by atoms with Gasteiger partial charge in [0.1, 0.15) is 0 Å². The van der Waals surface area contributed by atoms with Gasteiger partial charge in [-0.25, -0.2) is 0 Å². The highest BCUT2D eigenvalue weighted by atomic mass is 15.1. The van der Waals surface area contributed by atoms with E-state index in [1.54, 1.807) is 0 Å². The number of rotatable bonds is 5. The molecule has 25 heavy (non-hydrogen) atoms. The summed E-state index contributed by atoms with van der Waals surface area (Å²) < 4.78 is 2.28. The first-order chi connectivity index (χ1) is 12.2. The standard InChI is InChI=1S/C23H25N2/c1-5-21(18-13-15-20(16-14-18)24(3)4)22(6-2)25-17-9-11-19-10-7-8-12-23(19)25/h5,7-17H,1,6H2,2-4H3/q+1/b22-21+. The Morgan fingerprint density at radius 1 is 1.00 bits per heavy atom. The second-order valence-corrected chi connectivity index (χ2v) is 6.30. The molecule has 0 saturated heterocycles. The summed E-state index contributed by atoms with van der Waals surface area (Å²) in [6.07, 6.45) is 5.03. The van der Waals surface area contributed by atoms with Gasteiger partial charge in [0.25, 0.3) is 0 Å². The Kier molecular flexibility index (Phi) is 4.99. The first-order valence-electron chi connectivity index (χ1n) is 8.69. The molecule has 2 heteroatoms. The summed E-state index contributed by atoms with van der Waals surface area (Å²) in [6.45, 7) is 6.28. The van der Waals surface area contributed by atoms with Crippen molar-refractivity contribution in [3.8, 4) is 0 Å². The highest BCUT2D eigenvalue weighted by Crippen LogP contribution is 2.25.